The van der Waals surface area contributed by atoms with Crippen molar-refractivity contribution in [1.29, 1.82) is 0 Å². The molecule has 1 aromatic carbocycles. The Morgan fingerprint density at radius 1 is 1.02 bits per heavy atom. The first-order chi connectivity index (χ1) is 20.9. The number of hydrogen-bond acceptors (Lipinski definition) is 6. The van der Waals surface area contributed by atoms with E-state index in [1.165, 1.54) is 12.1 Å². The van der Waals surface area contributed by atoms with Gasteiger partial charge in [0.1, 0.15) is 17.8 Å². The number of amides is 4. The molecule has 2 aromatic rings. The van der Waals surface area contributed by atoms with Crippen molar-refractivity contribution in [2.24, 2.45) is 11.7 Å². The Balaban J connectivity index is 2.31. The van der Waals surface area contributed by atoms with Gasteiger partial charge in [-0.25, -0.2) is 0 Å². The molecule has 2 rings (SSSR count). The summed E-state index contributed by atoms with van der Waals surface area (Å²) in [6, 6.07) is 3.29. The first-order valence-electron chi connectivity index (χ1n) is 14.9. The summed E-state index contributed by atoms with van der Waals surface area (Å²) in [4.78, 5) is 55.3. The van der Waals surface area contributed by atoms with E-state index < -0.39 is 54.1 Å². The lowest BCUT2D eigenvalue weighted by Crippen LogP contribution is -2.58. The second-order valence-electron chi connectivity index (χ2n) is 11.4. The van der Waals surface area contributed by atoms with Crippen molar-refractivity contribution in [3.8, 4) is 5.75 Å². The van der Waals surface area contributed by atoms with E-state index in [2.05, 4.69) is 32.8 Å². The van der Waals surface area contributed by atoms with E-state index in [0.717, 1.165) is 29.7 Å². The summed E-state index contributed by atoms with van der Waals surface area (Å²) in [6.45, 7) is 11.9. The van der Waals surface area contributed by atoms with Gasteiger partial charge in [-0.3, -0.25) is 19.2 Å². The highest BCUT2D eigenvalue weighted by Gasteiger charge is 2.33. The summed E-state index contributed by atoms with van der Waals surface area (Å²) in [7, 11) is 1.67. The molecule has 0 aliphatic rings. The average Bonchev–Trinajstić information content (AvgIpc) is 3.32. The predicted octanol–water partition coefficient (Wildman–Crippen LogP) is 2.56. The lowest BCUT2D eigenvalue weighted by atomic mass is 9.91. The van der Waals surface area contributed by atoms with Crippen LogP contribution in [0.4, 0.5) is 0 Å². The second-order valence-corrected chi connectivity index (χ2v) is 11.4. The Hall–Kier alpha value is -4.38. The largest absolute Gasteiger partial charge is 0.508 e. The molecular formula is C33H48N6O5. The third-order valence-electron chi connectivity index (χ3n) is 7.52. The molecule has 0 aliphatic carbocycles. The van der Waals surface area contributed by atoms with Crippen LogP contribution in [-0.2, 0) is 25.6 Å². The first-order valence-corrected chi connectivity index (χ1v) is 14.9. The molecule has 4 atom stereocenters. The fourth-order valence-corrected chi connectivity index (χ4v) is 4.69. The number of nitrogens with one attached hydrogen (secondary N) is 5. The van der Waals surface area contributed by atoms with Gasteiger partial charge in [-0.2, -0.15) is 0 Å². The number of carbonyl (C=O) groups is 4. The lowest BCUT2D eigenvalue weighted by Gasteiger charge is -2.28. The zero-order valence-corrected chi connectivity index (χ0v) is 26.4. The Morgan fingerprint density at radius 3 is 2.30 bits per heavy atom. The van der Waals surface area contributed by atoms with E-state index in [1.54, 1.807) is 32.2 Å². The molecule has 0 fully saturated rings. The number of nitrogens with two attached hydrogens (primary N) is 1. The molecule has 4 amide bonds. The number of phenols is 1. The molecule has 11 heteroatoms. The van der Waals surface area contributed by atoms with Crippen molar-refractivity contribution in [2.75, 3.05) is 13.6 Å². The molecule has 240 valence electrons. The summed E-state index contributed by atoms with van der Waals surface area (Å²) < 4.78 is 0. The molecule has 1 heterocycles. The minimum absolute atomic E-state index is 0.0569. The number of phenolic OH excluding ortho intramolecular Hbond substituents is 1. The molecule has 0 radical (unpaired) electrons. The van der Waals surface area contributed by atoms with Crippen LogP contribution in [0.25, 0.3) is 6.08 Å². The summed E-state index contributed by atoms with van der Waals surface area (Å²) in [5, 5.41) is 21.1. The zero-order chi connectivity index (χ0) is 32.8. The molecule has 11 nitrogen and oxygen atoms in total. The molecule has 1 aromatic heterocycles. The standard InChI is InChI=1S/C33H48N6O5/c1-7-8-9-10-26-21(4)24(19-37-26)17-27(35-6)32(43)39-30(22(5)23-11-13-25(40)14-12-23)33(44)38-28(18-29(34)41)31(42)36-16-15-20(2)3/h7,9-14,19-20,22,27-28,30,35,37,40H,1,8,15-18H2,2-6H3,(H2,34,41)(H,36,42)(H,38,44)(H,39,43)/b10-9-/t22-,27-,28-,30?/m0/s1. The van der Waals surface area contributed by atoms with Gasteiger partial charge in [0.05, 0.1) is 12.5 Å². The van der Waals surface area contributed by atoms with Gasteiger partial charge >= 0.3 is 0 Å². The Morgan fingerprint density at radius 2 is 1.70 bits per heavy atom. The van der Waals surface area contributed by atoms with Crippen LogP contribution in [0.3, 0.4) is 0 Å². The number of allylic oxidation sites excluding steroid dienone is 2. The van der Waals surface area contributed by atoms with Gasteiger partial charge < -0.3 is 37.1 Å². The predicted molar refractivity (Wildman–Crippen MR) is 173 cm³/mol. The Bertz CT molecular complexity index is 1300. The molecule has 0 saturated carbocycles. The number of aromatic amines is 1. The van der Waals surface area contributed by atoms with E-state index >= 15 is 0 Å². The average molecular weight is 609 g/mol. The third-order valence-corrected chi connectivity index (χ3v) is 7.52. The van der Waals surface area contributed by atoms with Crippen LogP contribution in [0, 0.1) is 12.8 Å². The first kappa shape index (κ1) is 35.8. The Labute approximate surface area is 260 Å². The maximum Gasteiger partial charge on any atom is 0.243 e. The van der Waals surface area contributed by atoms with Crippen LogP contribution in [0.5, 0.6) is 5.75 Å². The van der Waals surface area contributed by atoms with Gasteiger partial charge in [0.25, 0.3) is 0 Å². The lowest BCUT2D eigenvalue weighted by molar-refractivity contribution is -0.134. The number of primary amides is 1. The van der Waals surface area contributed by atoms with Crippen LogP contribution in [0.1, 0.15) is 68.3 Å². The third kappa shape index (κ3) is 11.0. The second kappa shape index (κ2) is 17.7. The van der Waals surface area contributed by atoms with E-state index in [0.29, 0.717) is 24.4 Å². The van der Waals surface area contributed by atoms with E-state index in [4.69, 9.17) is 5.73 Å². The smallest absolute Gasteiger partial charge is 0.243 e. The van der Waals surface area contributed by atoms with Gasteiger partial charge in [0, 0.05) is 24.4 Å². The van der Waals surface area contributed by atoms with Crippen molar-refractivity contribution >= 4 is 29.7 Å². The molecule has 1 unspecified atom stereocenters. The molecule has 0 aliphatic heterocycles. The molecule has 0 bridgehead atoms. The monoisotopic (exact) mass is 608 g/mol. The molecule has 44 heavy (non-hydrogen) atoms. The normalized spacial score (nSPS) is 14.0. The van der Waals surface area contributed by atoms with Crippen LogP contribution < -0.4 is 27.0 Å². The summed E-state index contributed by atoms with van der Waals surface area (Å²) in [5.74, 6) is -2.51. The molecular weight excluding hydrogens is 560 g/mol. The highest BCUT2D eigenvalue weighted by atomic mass is 16.3. The minimum atomic E-state index is -1.21. The van der Waals surface area contributed by atoms with Crippen LogP contribution in [0.2, 0.25) is 0 Å². The molecule has 0 saturated heterocycles. The fourth-order valence-electron chi connectivity index (χ4n) is 4.69. The number of carbonyl (C=O) groups excluding carboxylic acids is 4. The van der Waals surface area contributed by atoms with Crippen LogP contribution in [0.15, 0.2) is 49.2 Å². The number of aromatic hydroxyl groups is 1. The topological polar surface area (TPSA) is 178 Å². The number of likely N-dealkylation sites (N-methyl/N-ethyl adjacent to an activating group) is 1. The van der Waals surface area contributed by atoms with Crippen molar-refractivity contribution in [3.05, 3.63) is 71.6 Å². The SMILES string of the molecule is C=CC/C=C\c1[nH]cc(C[C@H](NC)C(=O)NC(C(=O)N[C@@H](CC(N)=O)C(=O)NCCC(C)C)[C@@H](C)c2ccc(O)cc2)c1C. The van der Waals surface area contributed by atoms with Gasteiger partial charge in [-0.15, -0.1) is 6.58 Å². The molecule has 0 spiro atoms. The van der Waals surface area contributed by atoms with Crippen molar-refractivity contribution < 1.29 is 24.3 Å². The highest BCUT2D eigenvalue weighted by molar-refractivity contribution is 5.95. The van der Waals surface area contributed by atoms with E-state index in [9.17, 15) is 24.3 Å². The summed E-state index contributed by atoms with van der Waals surface area (Å²) in [6.07, 6.45) is 9.02. The Kier molecular flexibility index (Phi) is 14.4. The maximum atomic E-state index is 13.7. The van der Waals surface area contributed by atoms with Gasteiger partial charge in [-0.1, -0.05) is 45.1 Å². The number of H-pyrrole nitrogens is 1. The highest BCUT2D eigenvalue weighted by Crippen LogP contribution is 2.23. The van der Waals surface area contributed by atoms with Crippen LogP contribution >= 0.6 is 0 Å². The van der Waals surface area contributed by atoms with Gasteiger partial charge in [0.15, 0.2) is 0 Å². The van der Waals surface area contributed by atoms with E-state index in [-0.39, 0.29) is 5.75 Å². The van der Waals surface area contributed by atoms with Gasteiger partial charge in [0.2, 0.25) is 23.6 Å². The summed E-state index contributed by atoms with van der Waals surface area (Å²) in [5.41, 5.74) is 8.95. The summed E-state index contributed by atoms with van der Waals surface area (Å²) >= 11 is 0. The fraction of sp³-hybridized carbons (Fsp3) is 0.455. The van der Waals surface area contributed by atoms with Crippen molar-refractivity contribution in [2.45, 2.75) is 77.4 Å². The number of benzene rings is 1. The van der Waals surface area contributed by atoms with E-state index in [1.807, 2.05) is 39.1 Å². The number of aromatic nitrogens is 1. The van der Waals surface area contributed by atoms with Gasteiger partial charge in [-0.05, 0) is 74.1 Å². The molecule has 8 N–H and O–H groups in total. The number of rotatable bonds is 18. The minimum Gasteiger partial charge on any atom is -0.508 e. The quantitative estimate of drug-likeness (QED) is 0.128. The maximum absolute atomic E-state index is 13.7. The van der Waals surface area contributed by atoms with Crippen LogP contribution in [-0.4, -0.2) is 65.4 Å². The van der Waals surface area contributed by atoms with Crippen molar-refractivity contribution in [3.63, 3.8) is 0 Å². The zero-order valence-electron chi connectivity index (χ0n) is 26.4. The number of hydrogen-bond donors (Lipinski definition) is 7. The van der Waals surface area contributed by atoms with Crippen molar-refractivity contribution in [1.82, 2.24) is 26.3 Å².